The Balaban J connectivity index is 1.65. The maximum atomic E-state index is 11.7. The highest BCUT2D eigenvalue weighted by Crippen LogP contribution is 2.27. The van der Waals surface area contributed by atoms with Crippen LogP contribution in [0.5, 0.6) is 0 Å². The van der Waals surface area contributed by atoms with Gasteiger partial charge in [0.25, 0.3) is 0 Å². The zero-order valence-electron chi connectivity index (χ0n) is 8.96. The molecule has 1 saturated heterocycles. The minimum absolute atomic E-state index is 0.288. The monoisotopic (exact) mass is 196 g/mol. The summed E-state index contributed by atoms with van der Waals surface area (Å²) in [6, 6.07) is 0.463. The first-order chi connectivity index (χ1) is 6.77. The van der Waals surface area contributed by atoms with Crippen LogP contribution in [-0.2, 0) is 4.79 Å². The van der Waals surface area contributed by atoms with Crippen molar-refractivity contribution < 1.29 is 4.79 Å². The van der Waals surface area contributed by atoms with Crippen LogP contribution in [0.3, 0.4) is 0 Å². The second-order valence-electron chi connectivity index (χ2n) is 4.65. The van der Waals surface area contributed by atoms with Gasteiger partial charge in [0.2, 0.25) is 5.91 Å². The molecule has 1 heterocycles. The normalized spacial score (nSPS) is 26.9. The molecule has 1 saturated carbocycles. The van der Waals surface area contributed by atoms with Crippen molar-refractivity contribution in [3.63, 3.8) is 0 Å². The number of amides is 1. The molecule has 0 spiro atoms. The van der Waals surface area contributed by atoms with Crippen LogP contribution in [-0.4, -0.2) is 36.5 Å². The highest BCUT2D eigenvalue weighted by Gasteiger charge is 2.25. The number of likely N-dealkylation sites (tertiary alicyclic amines) is 1. The number of carbonyl (C=O) groups excluding carboxylic acids is 1. The first kappa shape index (κ1) is 9.97. The van der Waals surface area contributed by atoms with Gasteiger partial charge in [-0.05, 0) is 45.1 Å². The Morgan fingerprint density at radius 1 is 1.43 bits per heavy atom. The summed E-state index contributed by atoms with van der Waals surface area (Å²) < 4.78 is 0. The van der Waals surface area contributed by atoms with E-state index in [0.717, 1.165) is 19.0 Å². The van der Waals surface area contributed by atoms with E-state index in [1.165, 1.54) is 25.7 Å². The molecule has 2 fully saturated rings. The largest absolute Gasteiger partial charge is 0.339 e. The van der Waals surface area contributed by atoms with Crippen LogP contribution in [0.2, 0.25) is 0 Å². The van der Waals surface area contributed by atoms with Gasteiger partial charge in [0, 0.05) is 12.6 Å². The lowest BCUT2D eigenvalue weighted by molar-refractivity contribution is -0.130. The van der Waals surface area contributed by atoms with Gasteiger partial charge in [0.05, 0.1) is 6.54 Å². The molecule has 1 atom stereocenters. The molecule has 1 N–H and O–H groups in total. The lowest BCUT2D eigenvalue weighted by atomic mass is 10.2. The summed E-state index contributed by atoms with van der Waals surface area (Å²) in [5, 5.41) is 3.25. The van der Waals surface area contributed by atoms with Gasteiger partial charge >= 0.3 is 0 Å². The standard InChI is InChI=1S/C11H20N2O/c1-9-3-2-6-13(9)11(14)8-12-7-10-4-5-10/h9-10,12H,2-8H2,1H3. The van der Waals surface area contributed by atoms with E-state index < -0.39 is 0 Å². The van der Waals surface area contributed by atoms with E-state index in [1.54, 1.807) is 0 Å². The van der Waals surface area contributed by atoms with E-state index in [1.807, 2.05) is 4.90 Å². The summed E-state index contributed by atoms with van der Waals surface area (Å²) in [6.07, 6.45) is 5.05. The van der Waals surface area contributed by atoms with Crippen LogP contribution in [0.4, 0.5) is 0 Å². The first-order valence-electron chi connectivity index (χ1n) is 5.77. The van der Waals surface area contributed by atoms with E-state index in [2.05, 4.69) is 12.2 Å². The van der Waals surface area contributed by atoms with Crippen LogP contribution < -0.4 is 5.32 Å². The lowest BCUT2D eigenvalue weighted by Gasteiger charge is -2.21. The molecular formula is C11H20N2O. The predicted molar refractivity (Wildman–Crippen MR) is 56.0 cm³/mol. The van der Waals surface area contributed by atoms with Crippen LogP contribution >= 0.6 is 0 Å². The van der Waals surface area contributed by atoms with Crippen molar-refractivity contribution in [2.24, 2.45) is 5.92 Å². The molecule has 1 unspecified atom stereocenters. The number of hydrogen-bond donors (Lipinski definition) is 1. The highest BCUT2D eigenvalue weighted by atomic mass is 16.2. The van der Waals surface area contributed by atoms with Gasteiger partial charge in [-0.15, -0.1) is 0 Å². The third-order valence-corrected chi connectivity index (χ3v) is 3.28. The second-order valence-corrected chi connectivity index (χ2v) is 4.65. The molecule has 2 aliphatic rings. The topological polar surface area (TPSA) is 32.3 Å². The summed E-state index contributed by atoms with van der Waals surface area (Å²) in [6.45, 7) is 4.69. The molecule has 1 aliphatic carbocycles. The van der Waals surface area contributed by atoms with Crippen molar-refractivity contribution in [3.8, 4) is 0 Å². The molecule has 0 radical (unpaired) electrons. The fourth-order valence-corrected chi connectivity index (χ4v) is 2.11. The average Bonchev–Trinajstić information content (AvgIpc) is 2.87. The average molecular weight is 196 g/mol. The minimum atomic E-state index is 0.288. The summed E-state index contributed by atoms with van der Waals surface area (Å²) in [5.41, 5.74) is 0. The Bertz CT molecular complexity index is 213. The third-order valence-electron chi connectivity index (χ3n) is 3.28. The van der Waals surface area contributed by atoms with Gasteiger partial charge in [0.1, 0.15) is 0 Å². The minimum Gasteiger partial charge on any atom is -0.339 e. The Morgan fingerprint density at radius 3 is 2.79 bits per heavy atom. The molecule has 0 aromatic rings. The zero-order chi connectivity index (χ0) is 9.97. The second kappa shape index (κ2) is 4.30. The van der Waals surface area contributed by atoms with Crippen molar-refractivity contribution >= 4 is 5.91 Å². The van der Waals surface area contributed by atoms with Crippen molar-refractivity contribution in [2.45, 2.75) is 38.6 Å². The Labute approximate surface area is 85.8 Å². The SMILES string of the molecule is CC1CCCN1C(=O)CNCC1CC1. The molecule has 3 heteroatoms. The highest BCUT2D eigenvalue weighted by molar-refractivity contribution is 5.78. The number of rotatable bonds is 4. The number of hydrogen-bond acceptors (Lipinski definition) is 2. The van der Waals surface area contributed by atoms with Crippen molar-refractivity contribution in [1.82, 2.24) is 10.2 Å². The summed E-state index contributed by atoms with van der Waals surface area (Å²) >= 11 is 0. The van der Waals surface area contributed by atoms with Gasteiger partial charge in [0.15, 0.2) is 0 Å². The summed E-state index contributed by atoms with van der Waals surface area (Å²) in [4.78, 5) is 13.7. The van der Waals surface area contributed by atoms with Crippen LogP contribution in [0, 0.1) is 5.92 Å². The maximum Gasteiger partial charge on any atom is 0.236 e. The van der Waals surface area contributed by atoms with Crippen LogP contribution in [0.1, 0.15) is 32.6 Å². The Kier molecular flexibility index (Phi) is 3.06. The third kappa shape index (κ3) is 2.47. The van der Waals surface area contributed by atoms with E-state index in [4.69, 9.17) is 0 Å². The van der Waals surface area contributed by atoms with Gasteiger partial charge in [-0.2, -0.15) is 0 Å². The lowest BCUT2D eigenvalue weighted by Crippen LogP contribution is -2.40. The summed E-state index contributed by atoms with van der Waals surface area (Å²) in [5.74, 6) is 1.15. The fourth-order valence-electron chi connectivity index (χ4n) is 2.11. The fraction of sp³-hybridized carbons (Fsp3) is 0.909. The molecule has 80 valence electrons. The Morgan fingerprint density at radius 2 is 2.21 bits per heavy atom. The van der Waals surface area contributed by atoms with Gasteiger partial charge in [-0.1, -0.05) is 0 Å². The molecule has 3 nitrogen and oxygen atoms in total. The van der Waals surface area contributed by atoms with Crippen molar-refractivity contribution in [2.75, 3.05) is 19.6 Å². The number of nitrogens with one attached hydrogen (secondary N) is 1. The summed E-state index contributed by atoms with van der Waals surface area (Å²) in [7, 11) is 0. The van der Waals surface area contributed by atoms with E-state index in [0.29, 0.717) is 12.6 Å². The smallest absolute Gasteiger partial charge is 0.236 e. The van der Waals surface area contributed by atoms with E-state index >= 15 is 0 Å². The molecule has 0 bridgehead atoms. The molecule has 0 aromatic heterocycles. The van der Waals surface area contributed by atoms with Gasteiger partial charge in [-0.3, -0.25) is 4.79 Å². The first-order valence-corrected chi connectivity index (χ1v) is 5.77. The van der Waals surface area contributed by atoms with Crippen LogP contribution in [0.25, 0.3) is 0 Å². The van der Waals surface area contributed by atoms with Crippen molar-refractivity contribution in [1.29, 1.82) is 0 Å². The van der Waals surface area contributed by atoms with E-state index in [9.17, 15) is 4.79 Å². The number of nitrogens with zero attached hydrogens (tertiary/aromatic N) is 1. The van der Waals surface area contributed by atoms with Gasteiger partial charge in [-0.25, -0.2) is 0 Å². The maximum absolute atomic E-state index is 11.7. The quantitative estimate of drug-likeness (QED) is 0.727. The zero-order valence-corrected chi connectivity index (χ0v) is 8.96. The molecular weight excluding hydrogens is 176 g/mol. The molecule has 14 heavy (non-hydrogen) atoms. The van der Waals surface area contributed by atoms with E-state index in [-0.39, 0.29) is 5.91 Å². The molecule has 1 amide bonds. The Hall–Kier alpha value is -0.570. The number of carbonyl (C=O) groups is 1. The van der Waals surface area contributed by atoms with Crippen LogP contribution in [0.15, 0.2) is 0 Å². The molecule has 0 aromatic carbocycles. The molecule has 1 aliphatic heterocycles. The predicted octanol–water partition coefficient (Wildman–Crippen LogP) is 0.997. The van der Waals surface area contributed by atoms with Gasteiger partial charge < -0.3 is 10.2 Å². The molecule has 2 rings (SSSR count). The van der Waals surface area contributed by atoms with Crippen molar-refractivity contribution in [3.05, 3.63) is 0 Å².